The average Bonchev–Trinajstić information content (AvgIpc) is 2.76. The SMILES string of the molecule is CCC(C(=O)NCC(C)C)N(Cc1ccccc1Cl)C(=O)CN(c1cccc(F)c1)S(C)(=O)=O. The molecule has 34 heavy (non-hydrogen) atoms. The molecule has 0 heterocycles. The molecule has 0 fully saturated rings. The van der Waals surface area contributed by atoms with Gasteiger partial charge in [-0.3, -0.25) is 13.9 Å². The van der Waals surface area contributed by atoms with Crippen LogP contribution in [-0.2, 0) is 26.2 Å². The molecular weight excluding hydrogens is 481 g/mol. The van der Waals surface area contributed by atoms with E-state index in [1.165, 1.54) is 23.1 Å². The molecule has 0 saturated heterocycles. The zero-order valence-corrected chi connectivity index (χ0v) is 21.4. The number of carbonyl (C=O) groups excluding carboxylic acids is 2. The highest BCUT2D eigenvalue weighted by molar-refractivity contribution is 7.92. The fourth-order valence-electron chi connectivity index (χ4n) is 3.40. The Morgan fingerprint density at radius 3 is 2.35 bits per heavy atom. The van der Waals surface area contributed by atoms with E-state index in [2.05, 4.69) is 5.32 Å². The minimum absolute atomic E-state index is 0.00681. The van der Waals surface area contributed by atoms with Gasteiger partial charge in [0.2, 0.25) is 21.8 Å². The van der Waals surface area contributed by atoms with Crippen LogP contribution < -0.4 is 9.62 Å². The lowest BCUT2D eigenvalue weighted by molar-refractivity contribution is -0.140. The Morgan fingerprint density at radius 2 is 1.79 bits per heavy atom. The van der Waals surface area contributed by atoms with Crippen molar-refractivity contribution in [2.45, 2.75) is 39.8 Å². The molecule has 10 heteroatoms. The van der Waals surface area contributed by atoms with Crippen LogP contribution in [0.25, 0.3) is 0 Å². The molecule has 2 rings (SSSR count). The van der Waals surface area contributed by atoms with Gasteiger partial charge in [-0.15, -0.1) is 0 Å². The summed E-state index contributed by atoms with van der Waals surface area (Å²) < 4.78 is 39.6. The van der Waals surface area contributed by atoms with Gasteiger partial charge >= 0.3 is 0 Å². The average molecular weight is 512 g/mol. The minimum atomic E-state index is -3.93. The highest BCUT2D eigenvalue weighted by Gasteiger charge is 2.32. The maximum Gasteiger partial charge on any atom is 0.244 e. The zero-order valence-electron chi connectivity index (χ0n) is 19.8. The lowest BCUT2D eigenvalue weighted by Crippen LogP contribution is -2.52. The molecule has 7 nitrogen and oxygen atoms in total. The third-order valence-corrected chi connectivity index (χ3v) is 6.65. The number of anilines is 1. The Morgan fingerprint density at radius 1 is 1.12 bits per heavy atom. The molecule has 0 aliphatic carbocycles. The summed E-state index contributed by atoms with van der Waals surface area (Å²) in [5, 5.41) is 3.26. The van der Waals surface area contributed by atoms with Crippen molar-refractivity contribution < 1.29 is 22.4 Å². The van der Waals surface area contributed by atoms with Crippen molar-refractivity contribution in [1.82, 2.24) is 10.2 Å². The Kier molecular flexibility index (Phi) is 9.88. The molecule has 0 saturated carbocycles. The van der Waals surface area contributed by atoms with Gasteiger partial charge in [-0.05, 0) is 42.2 Å². The van der Waals surface area contributed by atoms with E-state index in [-0.39, 0.29) is 24.1 Å². The topological polar surface area (TPSA) is 86.8 Å². The first-order valence-corrected chi connectivity index (χ1v) is 13.2. The normalized spacial score (nSPS) is 12.3. The van der Waals surface area contributed by atoms with Crippen LogP contribution in [0.3, 0.4) is 0 Å². The van der Waals surface area contributed by atoms with Crippen LogP contribution in [0.15, 0.2) is 48.5 Å². The van der Waals surface area contributed by atoms with Crippen molar-refractivity contribution in [2.24, 2.45) is 5.92 Å². The van der Waals surface area contributed by atoms with Gasteiger partial charge in [0.15, 0.2) is 0 Å². The number of nitrogens with one attached hydrogen (secondary N) is 1. The van der Waals surface area contributed by atoms with E-state index in [1.54, 1.807) is 31.2 Å². The van der Waals surface area contributed by atoms with Gasteiger partial charge in [0.05, 0.1) is 11.9 Å². The summed E-state index contributed by atoms with van der Waals surface area (Å²) in [4.78, 5) is 27.8. The molecular formula is C24H31ClFN3O4S. The number of hydrogen-bond acceptors (Lipinski definition) is 4. The number of nitrogens with zero attached hydrogens (tertiary/aromatic N) is 2. The van der Waals surface area contributed by atoms with Crippen LogP contribution in [0.4, 0.5) is 10.1 Å². The molecule has 1 N–H and O–H groups in total. The molecule has 0 aliphatic heterocycles. The van der Waals surface area contributed by atoms with E-state index < -0.39 is 34.3 Å². The number of benzene rings is 2. The third-order valence-electron chi connectivity index (χ3n) is 5.14. The van der Waals surface area contributed by atoms with Crippen LogP contribution in [0, 0.1) is 11.7 Å². The number of amides is 2. The minimum Gasteiger partial charge on any atom is -0.354 e. The maximum absolute atomic E-state index is 13.8. The number of rotatable bonds is 11. The highest BCUT2D eigenvalue weighted by Crippen LogP contribution is 2.22. The molecule has 2 aromatic rings. The maximum atomic E-state index is 13.8. The number of carbonyl (C=O) groups is 2. The summed E-state index contributed by atoms with van der Waals surface area (Å²) in [7, 11) is -3.93. The van der Waals surface area contributed by atoms with Crippen LogP contribution in [0.1, 0.15) is 32.8 Å². The van der Waals surface area contributed by atoms with Gasteiger partial charge in [0, 0.05) is 18.1 Å². The van der Waals surface area contributed by atoms with E-state index in [0.29, 0.717) is 23.6 Å². The fraction of sp³-hybridized carbons (Fsp3) is 0.417. The van der Waals surface area contributed by atoms with E-state index in [0.717, 1.165) is 16.6 Å². The summed E-state index contributed by atoms with van der Waals surface area (Å²) in [6.07, 6.45) is 1.25. The van der Waals surface area contributed by atoms with E-state index >= 15 is 0 Å². The lowest BCUT2D eigenvalue weighted by Gasteiger charge is -2.33. The van der Waals surface area contributed by atoms with Crippen molar-refractivity contribution in [3.05, 3.63) is 64.9 Å². The van der Waals surface area contributed by atoms with Crippen LogP contribution >= 0.6 is 11.6 Å². The highest BCUT2D eigenvalue weighted by atomic mass is 35.5. The molecule has 0 aliphatic rings. The largest absolute Gasteiger partial charge is 0.354 e. The molecule has 2 aromatic carbocycles. The van der Waals surface area contributed by atoms with Crippen LogP contribution in [0.2, 0.25) is 5.02 Å². The zero-order chi connectivity index (χ0) is 25.5. The van der Waals surface area contributed by atoms with Gasteiger partial charge in [0.25, 0.3) is 0 Å². The van der Waals surface area contributed by atoms with E-state index in [1.807, 2.05) is 13.8 Å². The van der Waals surface area contributed by atoms with E-state index in [4.69, 9.17) is 11.6 Å². The standard InChI is InChI=1S/C24H31ClFN3O4S/c1-5-22(24(31)27-14-17(2)3)28(15-18-9-6-7-12-21(18)25)23(30)16-29(34(4,32)33)20-11-8-10-19(26)13-20/h6-13,17,22H,5,14-16H2,1-4H3,(H,27,31). The van der Waals surface area contributed by atoms with Gasteiger partial charge in [-0.1, -0.05) is 56.6 Å². The number of hydrogen-bond donors (Lipinski definition) is 1. The first-order chi connectivity index (χ1) is 15.9. The Balaban J connectivity index is 2.43. The molecule has 1 unspecified atom stereocenters. The fourth-order valence-corrected chi connectivity index (χ4v) is 4.43. The molecule has 0 bridgehead atoms. The smallest absolute Gasteiger partial charge is 0.244 e. The van der Waals surface area contributed by atoms with Crippen molar-refractivity contribution in [3.63, 3.8) is 0 Å². The van der Waals surface area contributed by atoms with Crippen molar-refractivity contribution in [2.75, 3.05) is 23.7 Å². The lowest BCUT2D eigenvalue weighted by atomic mass is 10.1. The van der Waals surface area contributed by atoms with Crippen molar-refractivity contribution in [1.29, 1.82) is 0 Å². The predicted octanol–water partition coefficient (Wildman–Crippen LogP) is 3.82. The van der Waals surface area contributed by atoms with Gasteiger partial charge < -0.3 is 10.2 Å². The summed E-state index contributed by atoms with van der Waals surface area (Å²) in [5.41, 5.74) is 0.634. The second-order valence-corrected chi connectivity index (χ2v) is 10.7. The second kappa shape index (κ2) is 12.2. The molecule has 2 amide bonds. The predicted molar refractivity (Wildman–Crippen MR) is 133 cm³/mol. The van der Waals surface area contributed by atoms with Crippen LogP contribution in [-0.4, -0.2) is 50.5 Å². The monoisotopic (exact) mass is 511 g/mol. The molecule has 0 aromatic heterocycles. The first kappa shape index (κ1) is 27.6. The number of sulfonamides is 1. The Hall–Kier alpha value is -2.65. The summed E-state index contributed by atoms with van der Waals surface area (Å²) in [6.45, 7) is 5.52. The van der Waals surface area contributed by atoms with Gasteiger partial charge in [0.1, 0.15) is 18.4 Å². The second-order valence-electron chi connectivity index (χ2n) is 8.43. The molecule has 0 spiro atoms. The first-order valence-electron chi connectivity index (χ1n) is 11.0. The Labute approximate surface area is 205 Å². The van der Waals surface area contributed by atoms with Gasteiger partial charge in [-0.25, -0.2) is 12.8 Å². The summed E-state index contributed by atoms with van der Waals surface area (Å²) in [6, 6.07) is 11.1. The summed E-state index contributed by atoms with van der Waals surface area (Å²) in [5.74, 6) is -1.37. The summed E-state index contributed by atoms with van der Waals surface area (Å²) >= 11 is 6.31. The van der Waals surface area contributed by atoms with E-state index in [9.17, 15) is 22.4 Å². The van der Waals surface area contributed by atoms with Crippen LogP contribution in [0.5, 0.6) is 0 Å². The van der Waals surface area contributed by atoms with Crippen molar-refractivity contribution in [3.8, 4) is 0 Å². The third kappa shape index (κ3) is 7.70. The molecule has 1 atom stereocenters. The Bertz CT molecular complexity index is 1110. The van der Waals surface area contributed by atoms with Gasteiger partial charge in [-0.2, -0.15) is 0 Å². The van der Waals surface area contributed by atoms with Crippen molar-refractivity contribution >= 4 is 39.1 Å². The quantitative estimate of drug-likeness (QED) is 0.497. The molecule has 0 radical (unpaired) electrons. The number of halogens is 2. The molecule has 186 valence electrons.